The standard InChI is InChI=1S/C15H23O2/c1-4-5-6-7-8-15(2,3)12-9-13(16)11-14(17)10-12/h9-10,16-17H,4-8H2,1-3H3. The lowest BCUT2D eigenvalue weighted by atomic mass is 9.80. The molecule has 0 bridgehead atoms. The molecule has 1 rings (SSSR count). The third-order valence-corrected chi connectivity index (χ3v) is 3.28. The molecule has 95 valence electrons. The Hall–Kier alpha value is -1.18. The molecule has 0 spiro atoms. The van der Waals surface area contributed by atoms with Gasteiger partial charge in [-0.05, 0) is 29.5 Å². The van der Waals surface area contributed by atoms with Crippen LogP contribution in [0.5, 0.6) is 11.5 Å². The van der Waals surface area contributed by atoms with Crippen LogP contribution in [0.15, 0.2) is 12.1 Å². The SMILES string of the molecule is CCCCCCC(C)(C)c1cc(O)[c]c(O)c1. The van der Waals surface area contributed by atoms with E-state index in [0.717, 1.165) is 12.0 Å². The molecule has 0 aliphatic carbocycles. The molecule has 0 atom stereocenters. The van der Waals surface area contributed by atoms with Gasteiger partial charge in [0.15, 0.2) is 0 Å². The largest absolute Gasteiger partial charge is 0.507 e. The fourth-order valence-electron chi connectivity index (χ4n) is 2.07. The number of hydrogen-bond donors (Lipinski definition) is 2. The highest BCUT2D eigenvalue weighted by Gasteiger charge is 2.21. The Bertz CT molecular complexity index is 336. The second-order valence-electron chi connectivity index (χ2n) is 5.33. The first-order valence-electron chi connectivity index (χ1n) is 6.41. The van der Waals surface area contributed by atoms with E-state index in [1.165, 1.54) is 25.7 Å². The van der Waals surface area contributed by atoms with Crippen LogP contribution in [0.3, 0.4) is 0 Å². The average Bonchev–Trinajstić information content (AvgIpc) is 2.23. The summed E-state index contributed by atoms with van der Waals surface area (Å²) in [5.74, 6) is 0.0308. The van der Waals surface area contributed by atoms with Crippen molar-refractivity contribution in [2.24, 2.45) is 0 Å². The molecular formula is C15H23O2. The Morgan fingerprint density at radius 1 is 1.06 bits per heavy atom. The highest BCUT2D eigenvalue weighted by atomic mass is 16.3. The van der Waals surface area contributed by atoms with E-state index in [2.05, 4.69) is 26.8 Å². The maximum Gasteiger partial charge on any atom is 0.127 e. The number of phenolic OH excluding ortho intramolecular Hbond substituents is 2. The van der Waals surface area contributed by atoms with Crippen molar-refractivity contribution in [3.05, 3.63) is 23.8 Å². The van der Waals surface area contributed by atoms with Crippen molar-refractivity contribution in [2.45, 2.75) is 58.3 Å². The van der Waals surface area contributed by atoms with E-state index in [-0.39, 0.29) is 16.9 Å². The number of hydrogen-bond acceptors (Lipinski definition) is 2. The van der Waals surface area contributed by atoms with Crippen molar-refractivity contribution in [1.82, 2.24) is 0 Å². The molecule has 17 heavy (non-hydrogen) atoms. The van der Waals surface area contributed by atoms with Crippen LogP contribution in [0, 0.1) is 6.07 Å². The second kappa shape index (κ2) is 5.95. The van der Waals surface area contributed by atoms with Crippen molar-refractivity contribution in [2.75, 3.05) is 0 Å². The monoisotopic (exact) mass is 235 g/mol. The Morgan fingerprint density at radius 2 is 1.65 bits per heavy atom. The van der Waals surface area contributed by atoms with Gasteiger partial charge in [0.25, 0.3) is 0 Å². The lowest BCUT2D eigenvalue weighted by Crippen LogP contribution is -2.16. The molecule has 2 nitrogen and oxygen atoms in total. The highest BCUT2D eigenvalue weighted by molar-refractivity contribution is 5.38. The Morgan fingerprint density at radius 3 is 2.18 bits per heavy atom. The zero-order valence-electron chi connectivity index (χ0n) is 11.1. The summed E-state index contributed by atoms with van der Waals surface area (Å²) in [5, 5.41) is 18.9. The van der Waals surface area contributed by atoms with Crippen LogP contribution >= 0.6 is 0 Å². The van der Waals surface area contributed by atoms with Crippen LogP contribution in [0.25, 0.3) is 0 Å². The van der Waals surface area contributed by atoms with E-state index < -0.39 is 0 Å². The summed E-state index contributed by atoms with van der Waals surface area (Å²) in [6.45, 7) is 6.49. The molecule has 0 heterocycles. The Balaban J connectivity index is 2.67. The molecule has 1 aromatic carbocycles. The van der Waals surface area contributed by atoms with Gasteiger partial charge in [-0.2, -0.15) is 0 Å². The predicted molar refractivity (Wildman–Crippen MR) is 70.4 cm³/mol. The van der Waals surface area contributed by atoms with Crippen molar-refractivity contribution in [1.29, 1.82) is 0 Å². The van der Waals surface area contributed by atoms with E-state index in [1.54, 1.807) is 12.1 Å². The van der Waals surface area contributed by atoms with Crippen LogP contribution < -0.4 is 0 Å². The van der Waals surface area contributed by atoms with E-state index in [1.807, 2.05) is 0 Å². The third-order valence-electron chi connectivity index (χ3n) is 3.28. The first-order chi connectivity index (χ1) is 7.95. The molecule has 1 radical (unpaired) electrons. The molecule has 0 saturated carbocycles. The molecule has 1 aromatic rings. The normalized spacial score (nSPS) is 11.7. The number of aromatic hydroxyl groups is 2. The van der Waals surface area contributed by atoms with E-state index in [0.29, 0.717) is 0 Å². The van der Waals surface area contributed by atoms with Gasteiger partial charge in [-0.15, -0.1) is 0 Å². The van der Waals surface area contributed by atoms with Gasteiger partial charge in [0, 0.05) is 0 Å². The van der Waals surface area contributed by atoms with Gasteiger partial charge in [-0.25, -0.2) is 0 Å². The second-order valence-corrected chi connectivity index (χ2v) is 5.33. The summed E-state index contributed by atoms with van der Waals surface area (Å²) in [4.78, 5) is 0. The molecule has 2 heteroatoms. The Kier molecular flexibility index (Phi) is 4.86. The van der Waals surface area contributed by atoms with Crippen LogP contribution in [-0.4, -0.2) is 10.2 Å². The lowest BCUT2D eigenvalue weighted by molar-refractivity contribution is 0.422. The average molecular weight is 235 g/mol. The van der Waals surface area contributed by atoms with Gasteiger partial charge in [-0.1, -0.05) is 46.5 Å². The van der Waals surface area contributed by atoms with Crippen molar-refractivity contribution >= 4 is 0 Å². The zero-order chi connectivity index (χ0) is 12.9. The van der Waals surface area contributed by atoms with E-state index in [4.69, 9.17) is 0 Å². The molecular weight excluding hydrogens is 212 g/mol. The fraction of sp³-hybridized carbons (Fsp3) is 0.600. The molecule has 2 N–H and O–H groups in total. The fourth-order valence-corrected chi connectivity index (χ4v) is 2.07. The molecule has 0 aromatic heterocycles. The van der Waals surface area contributed by atoms with Crippen molar-refractivity contribution in [3.63, 3.8) is 0 Å². The smallest absolute Gasteiger partial charge is 0.127 e. The number of unbranched alkanes of at least 4 members (excludes halogenated alkanes) is 3. The van der Waals surface area contributed by atoms with Crippen molar-refractivity contribution in [3.8, 4) is 11.5 Å². The van der Waals surface area contributed by atoms with Gasteiger partial charge in [-0.3, -0.25) is 0 Å². The number of phenols is 2. The molecule has 0 unspecified atom stereocenters. The first-order valence-corrected chi connectivity index (χ1v) is 6.41. The molecule has 0 aliphatic rings. The summed E-state index contributed by atoms with van der Waals surface area (Å²) < 4.78 is 0. The molecule has 0 aliphatic heterocycles. The van der Waals surface area contributed by atoms with E-state index >= 15 is 0 Å². The maximum absolute atomic E-state index is 9.45. The van der Waals surface area contributed by atoms with Crippen LogP contribution in [0.4, 0.5) is 0 Å². The summed E-state index contributed by atoms with van der Waals surface area (Å²) in [6.07, 6.45) is 6.01. The maximum atomic E-state index is 9.45. The van der Waals surface area contributed by atoms with Gasteiger partial charge < -0.3 is 10.2 Å². The predicted octanol–water partition coefficient (Wildman–Crippen LogP) is 4.15. The lowest BCUT2D eigenvalue weighted by Gasteiger charge is -2.25. The minimum atomic E-state index is -0.0161. The quantitative estimate of drug-likeness (QED) is 0.727. The first kappa shape index (κ1) is 13.9. The number of rotatable bonds is 6. The molecule has 0 amide bonds. The van der Waals surface area contributed by atoms with Crippen LogP contribution in [0.1, 0.15) is 58.4 Å². The Labute approximate surface area is 104 Å². The van der Waals surface area contributed by atoms with Gasteiger partial charge >= 0.3 is 0 Å². The van der Waals surface area contributed by atoms with Gasteiger partial charge in [0.2, 0.25) is 0 Å². The van der Waals surface area contributed by atoms with Crippen LogP contribution in [0.2, 0.25) is 0 Å². The van der Waals surface area contributed by atoms with Crippen LogP contribution in [-0.2, 0) is 5.41 Å². The number of benzene rings is 1. The summed E-state index contributed by atoms with van der Waals surface area (Å²) in [6, 6.07) is 5.86. The topological polar surface area (TPSA) is 40.5 Å². The minimum Gasteiger partial charge on any atom is -0.507 e. The van der Waals surface area contributed by atoms with E-state index in [9.17, 15) is 10.2 Å². The molecule has 0 fully saturated rings. The summed E-state index contributed by atoms with van der Waals surface area (Å²) in [7, 11) is 0. The van der Waals surface area contributed by atoms with Gasteiger partial charge in [0.05, 0.1) is 6.07 Å². The minimum absolute atomic E-state index is 0.0154. The molecule has 0 saturated heterocycles. The van der Waals surface area contributed by atoms with Crippen molar-refractivity contribution < 1.29 is 10.2 Å². The highest BCUT2D eigenvalue weighted by Crippen LogP contribution is 2.33. The zero-order valence-corrected chi connectivity index (χ0v) is 11.1. The summed E-state index contributed by atoms with van der Waals surface area (Å²) in [5.41, 5.74) is 0.959. The summed E-state index contributed by atoms with van der Waals surface area (Å²) >= 11 is 0. The third kappa shape index (κ3) is 4.29. The van der Waals surface area contributed by atoms with Gasteiger partial charge in [0.1, 0.15) is 11.5 Å².